The first-order chi connectivity index (χ1) is 5.07. The van der Waals surface area contributed by atoms with E-state index in [0.717, 1.165) is 0 Å². The predicted octanol–water partition coefficient (Wildman–Crippen LogP) is -1.01. The van der Waals surface area contributed by atoms with Crippen LogP contribution in [0.2, 0.25) is 0 Å². The first kappa shape index (κ1) is 10.6. The van der Waals surface area contributed by atoms with Gasteiger partial charge in [0, 0.05) is 0 Å². The molecule has 1 atom stereocenters. The maximum atomic E-state index is 8.83. The van der Waals surface area contributed by atoms with Gasteiger partial charge in [0.15, 0.2) is 6.29 Å². The maximum Gasteiger partial charge on any atom is 0.174 e. The number of aliphatic hydroxyl groups excluding tert-OH is 3. The van der Waals surface area contributed by atoms with Gasteiger partial charge in [0.25, 0.3) is 0 Å². The third kappa shape index (κ3) is 4.92. The molecular weight excluding hydrogens is 148 g/mol. The molecule has 0 radical (unpaired) electrons. The van der Waals surface area contributed by atoms with Crippen molar-refractivity contribution in [3.63, 3.8) is 0 Å². The van der Waals surface area contributed by atoms with Crippen molar-refractivity contribution in [3.8, 4) is 0 Å². The molecule has 0 bridgehead atoms. The molecule has 4 N–H and O–H groups in total. The van der Waals surface area contributed by atoms with Crippen molar-refractivity contribution in [2.24, 2.45) is 0 Å². The fourth-order valence-corrected chi connectivity index (χ4v) is 0.572. The molecular formula is C7H14O4. The van der Waals surface area contributed by atoms with E-state index in [1.807, 2.05) is 0 Å². The molecule has 0 saturated carbocycles. The van der Waals surface area contributed by atoms with E-state index in [9.17, 15) is 0 Å². The van der Waals surface area contributed by atoms with Crippen molar-refractivity contribution >= 4 is 0 Å². The molecule has 0 aromatic rings. The van der Waals surface area contributed by atoms with Crippen LogP contribution in [0, 0.1) is 0 Å². The Morgan fingerprint density at radius 2 is 1.82 bits per heavy atom. The van der Waals surface area contributed by atoms with Crippen molar-refractivity contribution in [2.45, 2.75) is 25.2 Å². The number of aliphatic hydroxyl groups is 4. The second-order valence-electron chi connectivity index (χ2n) is 2.41. The lowest BCUT2D eigenvalue weighted by atomic mass is 10.1. The summed E-state index contributed by atoms with van der Waals surface area (Å²) >= 11 is 0. The van der Waals surface area contributed by atoms with Crippen molar-refractivity contribution in [2.75, 3.05) is 6.61 Å². The summed E-state index contributed by atoms with van der Waals surface area (Å²) in [6.45, 7) is 3.06. The summed E-state index contributed by atoms with van der Waals surface area (Å²) in [5.74, 6) is 0. The van der Waals surface area contributed by atoms with E-state index in [1.165, 1.54) is 0 Å². The van der Waals surface area contributed by atoms with Gasteiger partial charge in [-0.1, -0.05) is 6.58 Å². The molecule has 0 amide bonds. The van der Waals surface area contributed by atoms with Gasteiger partial charge in [0.05, 0.1) is 12.7 Å². The minimum absolute atomic E-state index is 0.248. The molecule has 11 heavy (non-hydrogen) atoms. The summed E-state index contributed by atoms with van der Waals surface area (Å²) in [6, 6.07) is 0. The molecule has 0 aliphatic rings. The Bertz CT molecular complexity index is 122. The van der Waals surface area contributed by atoms with Gasteiger partial charge >= 0.3 is 0 Å². The molecule has 0 aliphatic heterocycles. The lowest BCUT2D eigenvalue weighted by Crippen LogP contribution is -2.14. The van der Waals surface area contributed by atoms with Crippen LogP contribution in [0.15, 0.2) is 12.2 Å². The molecule has 66 valence electrons. The van der Waals surface area contributed by atoms with Gasteiger partial charge in [-0.05, 0) is 18.4 Å². The fourth-order valence-electron chi connectivity index (χ4n) is 0.572. The summed E-state index contributed by atoms with van der Waals surface area (Å²) in [5, 5.41) is 34.3. The summed E-state index contributed by atoms with van der Waals surface area (Å²) < 4.78 is 0. The average Bonchev–Trinajstić information content (AvgIpc) is 1.99. The molecule has 0 aliphatic carbocycles. The van der Waals surface area contributed by atoms with Crippen LogP contribution in [-0.2, 0) is 0 Å². The van der Waals surface area contributed by atoms with Gasteiger partial charge in [-0.25, -0.2) is 0 Å². The minimum atomic E-state index is -1.53. The fraction of sp³-hybridized carbons (Fsp3) is 0.714. The molecule has 4 heteroatoms. The van der Waals surface area contributed by atoms with Crippen LogP contribution in [-0.4, -0.2) is 39.4 Å². The van der Waals surface area contributed by atoms with E-state index in [1.54, 1.807) is 0 Å². The van der Waals surface area contributed by atoms with Crippen molar-refractivity contribution in [3.05, 3.63) is 12.2 Å². The molecule has 0 saturated heterocycles. The van der Waals surface area contributed by atoms with E-state index in [-0.39, 0.29) is 12.2 Å². The van der Waals surface area contributed by atoms with E-state index >= 15 is 0 Å². The summed E-state index contributed by atoms with van der Waals surface area (Å²) in [6.07, 6.45) is -1.72. The first-order valence-corrected chi connectivity index (χ1v) is 3.40. The highest BCUT2D eigenvalue weighted by Gasteiger charge is 2.07. The lowest BCUT2D eigenvalue weighted by Gasteiger charge is -2.09. The Labute approximate surface area is 65.4 Å². The second-order valence-corrected chi connectivity index (χ2v) is 2.41. The van der Waals surface area contributed by atoms with E-state index in [2.05, 4.69) is 6.58 Å². The Balaban J connectivity index is 3.46. The molecule has 4 nitrogen and oxygen atoms in total. The average molecular weight is 162 g/mol. The number of rotatable bonds is 5. The topological polar surface area (TPSA) is 80.9 Å². The van der Waals surface area contributed by atoms with E-state index in [0.29, 0.717) is 12.8 Å². The van der Waals surface area contributed by atoms with Crippen LogP contribution in [0.25, 0.3) is 0 Å². The van der Waals surface area contributed by atoms with Gasteiger partial charge in [-0.3, -0.25) is 0 Å². The molecule has 0 rings (SSSR count). The largest absolute Gasteiger partial charge is 0.394 e. The van der Waals surface area contributed by atoms with Crippen LogP contribution >= 0.6 is 0 Å². The van der Waals surface area contributed by atoms with Gasteiger partial charge in [0.2, 0.25) is 0 Å². The van der Waals surface area contributed by atoms with Gasteiger partial charge in [-0.15, -0.1) is 0 Å². The molecule has 0 aromatic heterocycles. The molecule has 1 unspecified atom stereocenters. The molecule has 0 aromatic carbocycles. The van der Waals surface area contributed by atoms with Crippen LogP contribution < -0.4 is 0 Å². The number of hydrogen-bond donors (Lipinski definition) is 4. The van der Waals surface area contributed by atoms with Crippen LogP contribution in [0.5, 0.6) is 0 Å². The predicted molar refractivity (Wildman–Crippen MR) is 39.7 cm³/mol. The zero-order chi connectivity index (χ0) is 8.85. The Morgan fingerprint density at radius 3 is 2.18 bits per heavy atom. The maximum absolute atomic E-state index is 8.83. The highest BCUT2D eigenvalue weighted by molar-refractivity contribution is 4.96. The third-order valence-corrected chi connectivity index (χ3v) is 1.37. The van der Waals surface area contributed by atoms with Crippen LogP contribution in [0.3, 0.4) is 0 Å². The first-order valence-electron chi connectivity index (χ1n) is 3.40. The zero-order valence-electron chi connectivity index (χ0n) is 6.27. The third-order valence-electron chi connectivity index (χ3n) is 1.37. The van der Waals surface area contributed by atoms with Crippen molar-refractivity contribution in [1.29, 1.82) is 0 Å². The van der Waals surface area contributed by atoms with Crippen molar-refractivity contribution in [1.82, 2.24) is 0 Å². The molecule has 0 heterocycles. The highest BCUT2D eigenvalue weighted by Crippen LogP contribution is 2.07. The molecule has 0 fully saturated rings. The summed E-state index contributed by atoms with van der Waals surface area (Å²) in [4.78, 5) is 0. The smallest absolute Gasteiger partial charge is 0.174 e. The van der Waals surface area contributed by atoms with E-state index in [4.69, 9.17) is 20.4 Å². The van der Waals surface area contributed by atoms with E-state index < -0.39 is 12.4 Å². The Kier molecular flexibility index (Phi) is 5.06. The SMILES string of the molecule is C=C(CCC(O)CO)C(O)O. The van der Waals surface area contributed by atoms with Gasteiger partial charge < -0.3 is 20.4 Å². The minimum Gasteiger partial charge on any atom is -0.394 e. The van der Waals surface area contributed by atoms with Crippen LogP contribution in [0.1, 0.15) is 12.8 Å². The quantitative estimate of drug-likeness (QED) is 0.308. The van der Waals surface area contributed by atoms with Crippen LogP contribution in [0.4, 0.5) is 0 Å². The van der Waals surface area contributed by atoms with Gasteiger partial charge in [-0.2, -0.15) is 0 Å². The standard InChI is InChI=1S/C7H14O4/c1-5(7(10)11)2-3-6(9)4-8/h6-11H,1-4H2. The molecule has 0 spiro atoms. The second kappa shape index (κ2) is 5.26. The Hall–Kier alpha value is -0.420. The summed E-state index contributed by atoms with van der Waals surface area (Å²) in [7, 11) is 0. The Morgan fingerprint density at radius 1 is 1.27 bits per heavy atom. The summed E-state index contributed by atoms with van der Waals surface area (Å²) in [5.41, 5.74) is 0.248. The highest BCUT2D eigenvalue weighted by atomic mass is 16.5. The zero-order valence-corrected chi connectivity index (χ0v) is 6.27. The lowest BCUT2D eigenvalue weighted by molar-refractivity contribution is -0.0117. The number of hydrogen-bond acceptors (Lipinski definition) is 4. The monoisotopic (exact) mass is 162 g/mol. The van der Waals surface area contributed by atoms with Gasteiger partial charge in [0.1, 0.15) is 0 Å². The van der Waals surface area contributed by atoms with Crippen molar-refractivity contribution < 1.29 is 20.4 Å². The normalized spacial score (nSPS) is 13.5.